The summed E-state index contributed by atoms with van der Waals surface area (Å²) < 4.78 is 7.63. The number of rotatable bonds is 3. The Hall–Kier alpha value is -3.18. The quantitative estimate of drug-likeness (QED) is 0.540. The number of nitrogens with one attached hydrogen (secondary N) is 1. The van der Waals surface area contributed by atoms with E-state index in [9.17, 15) is 4.79 Å². The zero-order valence-corrected chi connectivity index (χ0v) is 14.0. The predicted octanol–water partition coefficient (Wildman–Crippen LogP) is 4.84. The van der Waals surface area contributed by atoms with E-state index in [1.54, 1.807) is 6.07 Å². The number of hydrogen-bond acceptors (Lipinski definition) is 3. The van der Waals surface area contributed by atoms with E-state index in [1.165, 1.54) is 4.57 Å². The SMILES string of the molecule is O=c1c2ccccc2[nH]c(=S)n1-c1ccc(Oc2ccccc2)cc1. The summed E-state index contributed by atoms with van der Waals surface area (Å²) in [5, 5.41) is 0.598. The molecule has 0 amide bonds. The van der Waals surface area contributed by atoms with E-state index >= 15 is 0 Å². The van der Waals surface area contributed by atoms with Gasteiger partial charge in [-0.1, -0.05) is 30.3 Å². The van der Waals surface area contributed by atoms with Gasteiger partial charge in [0.1, 0.15) is 11.5 Å². The van der Waals surface area contributed by atoms with Crippen LogP contribution in [0.25, 0.3) is 16.6 Å². The summed E-state index contributed by atoms with van der Waals surface area (Å²) in [7, 11) is 0. The van der Waals surface area contributed by atoms with Crippen LogP contribution in [0.15, 0.2) is 83.7 Å². The molecule has 0 saturated heterocycles. The Morgan fingerprint density at radius 2 is 1.44 bits per heavy atom. The molecule has 0 atom stereocenters. The summed E-state index contributed by atoms with van der Waals surface area (Å²) in [5.74, 6) is 1.45. The summed E-state index contributed by atoms with van der Waals surface area (Å²) in [5.41, 5.74) is 1.28. The van der Waals surface area contributed by atoms with Crippen molar-refractivity contribution in [2.24, 2.45) is 0 Å². The molecule has 0 fully saturated rings. The van der Waals surface area contributed by atoms with Crippen molar-refractivity contribution in [2.45, 2.75) is 0 Å². The van der Waals surface area contributed by atoms with Crippen molar-refractivity contribution in [2.75, 3.05) is 0 Å². The summed E-state index contributed by atoms with van der Waals surface area (Å²) in [6.07, 6.45) is 0. The number of aromatic nitrogens is 2. The first kappa shape index (κ1) is 15.4. The minimum absolute atomic E-state index is 0.143. The third-order valence-electron chi connectivity index (χ3n) is 3.88. The van der Waals surface area contributed by atoms with Crippen molar-refractivity contribution >= 4 is 23.1 Å². The molecule has 1 N–H and O–H groups in total. The van der Waals surface area contributed by atoms with Gasteiger partial charge >= 0.3 is 0 Å². The molecule has 25 heavy (non-hydrogen) atoms. The highest BCUT2D eigenvalue weighted by Gasteiger charge is 2.07. The molecular formula is C20H14N2O2S. The van der Waals surface area contributed by atoms with E-state index in [-0.39, 0.29) is 5.56 Å². The lowest BCUT2D eigenvalue weighted by Gasteiger charge is -2.10. The molecule has 1 heterocycles. The molecule has 122 valence electrons. The van der Waals surface area contributed by atoms with Crippen molar-refractivity contribution in [1.82, 2.24) is 9.55 Å². The second-order valence-corrected chi connectivity index (χ2v) is 5.91. The topological polar surface area (TPSA) is 47.0 Å². The molecule has 0 aliphatic heterocycles. The van der Waals surface area contributed by atoms with Gasteiger partial charge in [-0.2, -0.15) is 0 Å². The molecule has 0 saturated carbocycles. The van der Waals surface area contributed by atoms with Crippen LogP contribution in [-0.2, 0) is 0 Å². The lowest BCUT2D eigenvalue weighted by molar-refractivity contribution is 0.482. The third-order valence-corrected chi connectivity index (χ3v) is 4.16. The molecule has 0 aliphatic carbocycles. The van der Waals surface area contributed by atoms with Crippen LogP contribution in [0.5, 0.6) is 11.5 Å². The minimum atomic E-state index is -0.143. The lowest BCUT2D eigenvalue weighted by Crippen LogP contribution is -2.20. The van der Waals surface area contributed by atoms with E-state index in [0.29, 0.717) is 21.6 Å². The number of hydrogen-bond donors (Lipinski definition) is 1. The van der Waals surface area contributed by atoms with Crippen LogP contribution in [-0.4, -0.2) is 9.55 Å². The van der Waals surface area contributed by atoms with Gasteiger partial charge < -0.3 is 9.72 Å². The second kappa shape index (κ2) is 6.37. The fourth-order valence-corrected chi connectivity index (χ4v) is 2.98. The van der Waals surface area contributed by atoms with E-state index < -0.39 is 0 Å². The number of fused-ring (bicyclic) bond motifs is 1. The fourth-order valence-electron chi connectivity index (χ4n) is 2.68. The molecule has 4 aromatic rings. The maximum absolute atomic E-state index is 12.8. The van der Waals surface area contributed by atoms with Gasteiger partial charge in [-0.15, -0.1) is 0 Å². The molecule has 4 rings (SSSR count). The van der Waals surface area contributed by atoms with Crippen molar-refractivity contribution < 1.29 is 4.74 Å². The summed E-state index contributed by atoms with van der Waals surface area (Å²) in [4.78, 5) is 15.9. The molecule has 0 aliphatic rings. The van der Waals surface area contributed by atoms with E-state index in [2.05, 4.69) is 4.98 Å². The number of H-pyrrole nitrogens is 1. The number of benzene rings is 3. The first-order valence-corrected chi connectivity index (χ1v) is 8.20. The smallest absolute Gasteiger partial charge is 0.266 e. The van der Waals surface area contributed by atoms with Crippen molar-refractivity contribution in [3.63, 3.8) is 0 Å². The van der Waals surface area contributed by atoms with Gasteiger partial charge in [0.05, 0.1) is 16.6 Å². The monoisotopic (exact) mass is 346 g/mol. The van der Waals surface area contributed by atoms with Crippen LogP contribution in [0, 0.1) is 4.77 Å². The second-order valence-electron chi connectivity index (χ2n) is 5.53. The molecule has 0 radical (unpaired) electrons. The van der Waals surface area contributed by atoms with Gasteiger partial charge in [-0.3, -0.25) is 9.36 Å². The Balaban J connectivity index is 1.74. The average Bonchev–Trinajstić information content (AvgIpc) is 2.64. The zero-order chi connectivity index (χ0) is 17.2. The van der Waals surface area contributed by atoms with Crippen molar-refractivity contribution in [1.29, 1.82) is 0 Å². The van der Waals surface area contributed by atoms with Gasteiger partial charge in [-0.05, 0) is 60.7 Å². The summed E-state index contributed by atoms with van der Waals surface area (Å²) >= 11 is 5.36. The van der Waals surface area contributed by atoms with Crippen LogP contribution in [0.1, 0.15) is 0 Å². The number of nitrogens with zero attached hydrogens (tertiary/aromatic N) is 1. The molecule has 0 bridgehead atoms. The summed E-state index contributed by atoms with van der Waals surface area (Å²) in [6, 6.07) is 24.1. The van der Waals surface area contributed by atoms with Gasteiger partial charge in [0.25, 0.3) is 5.56 Å². The van der Waals surface area contributed by atoms with Gasteiger partial charge in [-0.25, -0.2) is 0 Å². The Labute approximate surface area is 149 Å². The van der Waals surface area contributed by atoms with Crippen molar-refractivity contribution in [3.05, 3.63) is 94.0 Å². The molecule has 4 nitrogen and oxygen atoms in total. The van der Waals surface area contributed by atoms with Gasteiger partial charge in [0.15, 0.2) is 4.77 Å². The lowest BCUT2D eigenvalue weighted by atomic mass is 10.2. The average molecular weight is 346 g/mol. The highest BCUT2D eigenvalue weighted by atomic mass is 32.1. The maximum atomic E-state index is 12.8. The molecule has 3 aromatic carbocycles. The Kier molecular flexibility index (Phi) is 3.91. The molecular weight excluding hydrogens is 332 g/mol. The van der Waals surface area contributed by atoms with E-state index in [1.807, 2.05) is 72.8 Å². The summed E-state index contributed by atoms with van der Waals surface area (Å²) in [6.45, 7) is 0. The van der Waals surface area contributed by atoms with Crippen LogP contribution < -0.4 is 10.3 Å². The van der Waals surface area contributed by atoms with E-state index in [0.717, 1.165) is 11.3 Å². The minimum Gasteiger partial charge on any atom is -0.457 e. The maximum Gasteiger partial charge on any atom is 0.266 e. The zero-order valence-electron chi connectivity index (χ0n) is 13.2. The highest BCUT2D eigenvalue weighted by Crippen LogP contribution is 2.22. The fraction of sp³-hybridized carbons (Fsp3) is 0. The van der Waals surface area contributed by atoms with Crippen LogP contribution in [0.2, 0.25) is 0 Å². The molecule has 1 aromatic heterocycles. The molecule has 5 heteroatoms. The van der Waals surface area contributed by atoms with Crippen LogP contribution in [0.3, 0.4) is 0 Å². The van der Waals surface area contributed by atoms with Gasteiger partial charge in [0, 0.05) is 0 Å². The first-order valence-electron chi connectivity index (χ1n) is 7.80. The molecule has 0 unspecified atom stereocenters. The van der Waals surface area contributed by atoms with Gasteiger partial charge in [0.2, 0.25) is 0 Å². The number of ether oxygens (including phenoxy) is 1. The number of para-hydroxylation sites is 2. The Morgan fingerprint density at radius 1 is 0.800 bits per heavy atom. The first-order chi connectivity index (χ1) is 12.2. The standard InChI is InChI=1S/C20H14N2O2S/c23-19-17-8-4-5-9-18(17)21-20(25)22(19)14-10-12-16(13-11-14)24-15-6-2-1-3-7-15/h1-13H,(H,21,25). The van der Waals surface area contributed by atoms with E-state index in [4.69, 9.17) is 17.0 Å². The third kappa shape index (κ3) is 2.97. The largest absolute Gasteiger partial charge is 0.457 e. The van der Waals surface area contributed by atoms with Crippen LogP contribution >= 0.6 is 12.2 Å². The van der Waals surface area contributed by atoms with Crippen molar-refractivity contribution in [3.8, 4) is 17.2 Å². The van der Waals surface area contributed by atoms with Crippen LogP contribution in [0.4, 0.5) is 0 Å². The molecule has 0 spiro atoms. The highest BCUT2D eigenvalue weighted by molar-refractivity contribution is 7.71. The Morgan fingerprint density at radius 3 is 2.20 bits per heavy atom. The number of aromatic amines is 1. The Bertz CT molecular complexity index is 1150. The normalized spacial score (nSPS) is 10.7. The predicted molar refractivity (Wildman–Crippen MR) is 101 cm³/mol.